The molecule has 1 saturated carbocycles. The molecular formula is C9H18N2O2. The summed E-state index contributed by atoms with van der Waals surface area (Å²) in [5.41, 5.74) is 5.58. The van der Waals surface area contributed by atoms with Crippen molar-refractivity contribution in [1.29, 1.82) is 0 Å². The Kier molecular flexibility index (Phi) is 4.02. The van der Waals surface area contributed by atoms with Crippen molar-refractivity contribution in [3.05, 3.63) is 0 Å². The van der Waals surface area contributed by atoms with Gasteiger partial charge < -0.3 is 16.2 Å². The van der Waals surface area contributed by atoms with Crippen LogP contribution in [-0.2, 0) is 0 Å². The first-order chi connectivity index (χ1) is 6.22. The van der Waals surface area contributed by atoms with E-state index in [1.807, 2.05) is 0 Å². The minimum absolute atomic E-state index is 0.499. The Morgan fingerprint density at radius 2 is 2.15 bits per heavy atom. The monoisotopic (exact) mass is 186 g/mol. The first kappa shape index (κ1) is 10.3. The highest BCUT2D eigenvalue weighted by Gasteiger charge is 2.20. The lowest BCUT2D eigenvalue weighted by Crippen LogP contribution is -2.32. The highest BCUT2D eigenvalue weighted by molar-refractivity contribution is 5.64. The van der Waals surface area contributed by atoms with Crippen LogP contribution in [0.1, 0.15) is 25.7 Å². The standard InChI is InChI=1S/C9H18N2O2/c10-5-7-2-1-3-8(4-7)6-11-9(12)13/h7-8,11H,1-6,10H2,(H,12,13)/t7-,8+/m0/s1. The number of nitrogens with two attached hydrogens (primary N) is 1. The lowest BCUT2D eigenvalue weighted by molar-refractivity contribution is 0.187. The number of carbonyl (C=O) groups is 1. The van der Waals surface area contributed by atoms with Crippen LogP contribution in [0.2, 0.25) is 0 Å². The van der Waals surface area contributed by atoms with Gasteiger partial charge >= 0.3 is 6.09 Å². The molecule has 0 radical (unpaired) electrons. The topological polar surface area (TPSA) is 75.3 Å². The van der Waals surface area contributed by atoms with Gasteiger partial charge in [-0.3, -0.25) is 0 Å². The van der Waals surface area contributed by atoms with Crippen molar-refractivity contribution in [1.82, 2.24) is 5.32 Å². The summed E-state index contributed by atoms with van der Waals surface area (Å²) in [6.45, 7) is 1.33. The second-order valence-electron chi connectivity index (χ2n) is 3.82. The molecule has 1 rings (SSSR count). The normalized spacial score (nSPS) is 28.4. The van der Waals surface area contributed by atoms with E-state index < -0.39 is 6.09 Å². The third kappa shape index (κ3) is 3.63. The van der Waals surface area contributed by atoms with Gasteiger partial charge in [-0.15, -0.1) is 0 Å². The van der Waals surface area contributed by atoms with Gasteiger partial charge in [-0.25, -0.2) is 4.79 Å². The number of rotatable bonds is 3. The lowest BCUT2D eigenvalue weighted by atomic mass is 9.81. The van der Waals surface area contributed by atoms with Crippen LogP contribution >= 0.6 is 0 Å². The first-order valence-electron chi connectivity index (χ1n) is 4.89. The van der Waals surface area contributed by atoms with Gasteiger partial charge in [-0.1, -0.05) is 6.42 Å². The Labute approximate surface area is 78.5 Å². The molecule has 0 aromatic heterocycles. The van der Waals surface area contributed by atoms with Crippen LogP contribution in [0.25, 0.3) is 0 Å². The molecule has 76 valence electrons. The van der Waals surface area contributed by atoms with E-state index in [1.165, 1.54) is 12.8 Å². The lowest BCUT2D eigenvalue weighted by Gasteiger charge is -2.27. The number of carboxylic acid groups (broad SMARTS) is 1. The van der Waals surface area contributed by atoms with E-state index in [-0.39, 0.29) is 0 Å². The summed E-state index contributed by atoms with van der Waals surface area (Å²) in [5, 5.41) is 10.9. The number of hydrogen-bond acceptors (Lipinski definition) is 2. The molecule has 0 aromatic carbocycles. The fraction of sp³-hybridized carbons (Fsp3) is 0.889. The molecule has 1 amide bonds. The van der Waals surface area contributed by atoms with Crippen molar-refractivity contribution in [3.8, 4) is 0 Å². The van der Waals surface area contributed by atoms with Crippen molar-refractivity contribution in [2.45, 2.75) is 25.7 Å². The maximum Gasteiger partial charge on any atom is 0.404 e. The summed E-state index contributed by atoms with van der Waals surface area (Å²) in [4.78, 5) is 10.3. The van der Waals surface area contributed by atoms with Crippen molar-refractivity contribution in [2.75, 3.05) is 13.1 Å². The molecule has 1 aliphatic rings. The summed E-state index contributed by atoms with van der Waals surface area (Å²) in [5.74, 6) is 1.10. The second kappa shape index (κ2) is 5.07. The molecule has 4 nitrogen and oxygen atoms in total. The predicted molar refractivity (Wildman–Crippen MR) is 50.5 cm³/mol. The number of amides is 1. The molecule has 4 N–H and O–H groups in total. The molecule has 0 spiro atoms. The molecular weight excluding hydrogens is 168 g/mol. The molecule has 0 aromatic rings. The van der Waals surface area contributed by atoms with Crippen molar-refractivity contribution < 1.29 is 9.90 Å². The zero-order chi connectivity index (χ0) is 9.68. The van der Waals surface area contributed by atoms with Crippen LogP contribution in [-0.4, -0.2) is 24.3 Å². The molecule has 0 saturated heterocycles. The van der Waals surface area contributed by atoms with Gasteiger partial charge in [0.05, 0.1) is 0 Å². The molecule has 0 heterocycles. The summed E-state index contributed by atoms with van der Waals surface area (Å²) in [6, 6.07) is 0. The van der Waals surface area contributed by atoms with E-state index in [1.54, 1.807) is 0 Å². The third-order valence-corrected chi connectivity index (χ3v) is 2.77. The van der Waals surface area contributed by atoms with E-state index in [0.717, 1.165) is 19.4 Å². The van der Waals surface area contributed by atoms with Crippen LogP contribution < -0.4 is 11.1 Å². The van der Waals surface area contributed by atoms with E-state index in [2.05, 4.69) is 5.32 Å². The molecule has 13 heavy (non-hydrogen) atoms. The van der Waals surface area contributed by atoms with E-state index in [4.69, 9.17) is 10.8 Å². The summed E-state index contributed by atoms with van der Waals surface area (Å²) >= 11 is 0. The molecule has 0 aliphatic heterocycles. The second-order valence-corrected chi connectivity index (χ2v) is 3.82. The maximum absolute atomic E-state index is 10.3. The van der Waals surface area contributed by atoms with Crippen LogP contribution in [0.4, 0.5) is 4.79 Å². The van der Waals surface area contributed by atoms with Crippen molar-refractivity contribution in [2.24, 2.45) is 17.6 Å². The van der Waals surface area contributed by atoms with Gasteiger partial charge in [0.2, 0.25) is 0 Å². The van der Waals surface area contributed by atoms with Crippen LogP contribution in [0.5, 0.6) is 0 Å². The highest BCUT2D eigenvalue weighted by Crippen LogP contribution is 2.27. The van der Waals surface area contributed by atoms with Gasteiger partial charge in [0, 0.05) is 6.54 Å². The fourth-order valence-electron chi connectivity index (χ4n) is 2.03. The predicted octanol–water partition coefficient (Wildman–Crippen LogP) is 1.02. The van der Waals surface area contributed by atoms with Gasteiger partial charge in [-0.05, 0) is 37.6 Å². The minimum Gasteiger partial charge on any atom is -0.465 e. The van der Waals surface area contributed by atoms with Gasteiger partial charge in [-0.2, -0.15) is 0 Å². The summed E-state index contributed by atoms with van der Waals surface area (Å²) in [6.07, 6.45) is 3.69. The Morgan fingerprint density at radius 1 is 1.46 bits per heavy atom. The Balaban J connectivity index is 2.21. The first-order valence-corrected chi connectivity index (χ1v) is 4.89. The largest absolute Gasteiger partial charge is 0.465 e. The molecule has 1 fully saturated rings. The van der Waals surface area contributed by atoms with Gasteiger partial charge in [0.1, 0.15) is 0 Å². The zero-order valence-corrected chi connectivity index (χ0v) is 7.83. The van der Waals surface area contributed by atoms with E-state index >= 15 is 0 Å². The average Bonchev–Trinajstić information content (AvgIpc) is 2.15. The summed E-state index contributed by atoms with van der Waals surface area (Å²) < 4.78 is 0. The van der Waals surface area contributed by atoms with Gasteiger partial charge in [0.15, 0.2) is 0 Å². The SMILES string of the molecule is NC[C@H]1CCC[C@@H](CNC(=O)O)C1. The quantitative estimate of drug-likeness (QED) is 0.616. The van der Waals surface area contributed by atoms with Crippen LogP contribution in [0, 0.1) is 11.8 Å². The van der Waals surface area contributed by atoms with Crippen molar-refractivity contribution >= 4 is 6.09 Å². The summed E-state index contributed by atoms with van der Waals surface area (Å²) in [7, 11) is 0. The average molecular weight is 186 g/mol. The molecule has 0 bridgehead atoms. The number of nitrogens with one attached hydrogen (secondary N) is 1. The maximum atomic E-state index is 10.3. The Bertz CT molecular complexity index is 173. The number of hydrogen-bond donors (Lipinski definition) is 3. The van der Waals surface area contributed by atoms with Crippen LogP contribution in [0.15, 0.2) is 0 Å². The van der Waals surface area contributed by atoms with E-state index in [0.29, 0.717) is 18.4 Å². The Hall–Kier alpha value is -0.770. The van der Waals surface area contributed by atoms with Crippen molar-refractivity contribution in [3.63, 3.8) is 0 Å². The Morgan fingerprint density at radius 3 is 2.77 bits per heavy atom. The van der Waals surface area contributed by atoms with Gasteiger partial charge in [0.25, 0.3) is 0 Å². The molecule has 4 heteroatoms. The third-order valence-electron chi connectivity index (χ3n) is 2.77. The van der Waals surface area contributed by atoms with Crippen LogP contribution in [0.3, 0.4) is 0 Å². The smallest absolute Gasteiger partial charge is 0.404 e. The minimum atomic E-state index is -0.921. The highest BCUT2D eigenvalue weighted by atomic mass is 16.4. The molecule has 1 aliphatic carbocycles. The molecule has 2 atom stereocenters. The zero-order valence-electron chi connectivity index (χ0n) is 7.83. The fourth-order valence-corrected chi connectivity index (χ4v) is 2.03. The van der Waals surface area contributed by atoms with E-state index in [9.17, 15) is 4.79 Å². The molecule has 0 unspecified atom stereocenters.